The fraction of sp³-hybridized carbons (Fsp3) is 0.333. The van der Waals surface area contributed by atoms with E-state index in [0.29, 0.717) is 17.5 Å². The van der Waals surface area contributed by atoms with Gasteiger partial charge in [0.25, 0.3) is 0 Å². The third kappa shape index (κ3) is 2.59. The van der Waals surface area contributed by atoms with Crippen LogP contribution in [-0.4, -0.2) is 35.2 Å². The monoisotopic (exact) mass is 323 g/mol. The number of anilines is 1. The zero-order valence-electron chi connectivity index (χ0n) is 13.7. The summed E-state index contributed by atoms with van der Waals surface area (Å²) in [6, 6.07) is 7.75. The molecule has 4 rings (SSSR count). The van der Waals surface area contributed by atoms with E-state index < -0.39 is 0 Å². The Morgan fingerprint density at radius 2 is 2.21 bits per heavy atom. The average molecular weight is 323 g/mol. The topological polar surface area (TPSA) is 88.8 Å². The average Bonchev–Trinajstić information content (AvgIpc) is 3.06. The molecule has 0 aromatic carbocycles. The minimum Gasteiger partial charge on any atom is -0.494 e. The zero-order valence-corrected chi connectivity index (χ0v) is 13.7. The maximum atomic E-state index is 5.89. The largest absolute Gasteiger partial charge is 0.494 e. The highest BCUT2D eigenvalue weighted by Crippen LogP contribution is 2.35. The van der Waals surface area contributed by atoms with Crippen LogP contribution in [-0.2, 0) is 0 Å². The number of nitrogens with zero attached hydrogens (tertiary/aromatic N) is 2. The molecular weight excluding hydrogens is 302 g/mol. The Morgan fingerprint density at radius 1 is 1.29 bits per heavy atom. The van der Waals surface area contributed by atoms with Gasteiger partial charge < -0.3 is 20.8 Å². The van der Waals surface area contributed by atoms with Gasteiger partial charge in [-0.2, -0.15) is 0 Å². The van der Waals surface area contributed by atoms with Crippen LogP contribution in [0.5, 0.6) is 5.75 Å². The predicted octanol–water partition coefficient (Wildman–Crippen LogP) is 2.68. The molecule has 24 heavy (non-hydrogen) atoms. The number of H-pyrrole nitrogens is 1. The molecule has 0 spiro atoms. The Hall–Kier alpha value is -2.60. The van der Waals surface area contributed by atoms with Crippen LogP contribution >= 0.6 is 0 Å². The lowest BCUT2D eigenvalue weighted by atomic mass is 9.96. The van der Waals surface area contributed by atoms with E-state index in [0.717, 1.165) is 35.4 Å². The van der Waals surface area contributed by atoms with E-state index in [-0.39, 0.29) is 0 Å². The summed E-state index contributed by atoms with van der Waals surface area (Å²) in [6.45, 7) is 2.10. The van der Waals surface area contributed by atoms with Crippen molar-refractivity contribution >= 4 is 16.9 Å². The number of piperidine rings is 1. The molecule has 6 nitrogen and oxygen atoms in total. The number of nitrogens with one attached hydrogen (secondary N) is 2. The van der Waals surface area contributed by atoms with E-state index in [1.54, 1.807) is 19.4 Å². The molecule has 1 saturated heterocycles. The fourth-order valence-corrected chi connectivity index (χ4v) is 3.41. The first-order chi connectivity index (χ1) is 11.8. The standard InChI is InChI=1S/C18H21N5O/c1-24-15-4-5-16(19)23-17(15)12-6-8-21-18-13(12)9-14(22-18)11-3-2-7-20-10-11/h4-6,8-9,11,20H,2-3,7,10H2,1H3,(H2,19,23)(H,21,22)/t11-/m0/s1. The predicted molar refractivity (Wildman–Crippen MR) is 95.1 cm³/mol. The number of aromatic amines is 1. The second-order valence-electron chi connectivity index (χ2n) is 6.18. The van der Waals surface area contributed by atoms with E-state index in [2.05, 4.69) is 26.3 Å². The normalized spacial score (nSPS) is 18.0. The molecule has 124 valence electrons. The zero-order chi connectivity index (χ0) is 16.5. The van der Waals surface area contributed by atoms with Gasteiger partial charge >= 0.3 is 0 Å². The number of nitrogen functional groups attached to an aromatic ring is 1. The quantitative estimate of drug-likeness (QED) is 0.689. The van der Waals surface area contributed by atoms with Crippen molar-refractivity contribution in [1.29, 1.82) is 0 Å². The van der Waals surface area contributed by atoms with Gasteiger partial charge in [-0.15, -0.1) is 0 Å². The van der Waals surface area contributed by atoms with Gasteiger partial charge in [0, 0.05) is 35.3 Å². The first-order valence-corrected chi connectivity index (χ1v) is 8.25. The highest BCUT2D eigenvalue weighted by molar-refractivity contribution is 5.94. The molecule has 0 radical (unpaired) electrons. The van der Waals surface area contributed by atoms with Gasteiger partial charge in [-0.25, -0.2) is 9.97 Å². The second kappa shape index (κ2) is 6.13. The molecule has 3 aromatic rings. The van der Waals surface area contributed by atoms with Gasteiger partial charge in [-0.1, -0.05) is 0 Å². The van der Waals surface area contributed by atoms with Crippen molar-refractivity contribution < 1.29 is 4.74 Å². The van der Waals surface area contributed by atoms with Crippen molar-refractivity contribution in [2.24, 2.45) is 0 Å². The lowest BCUT2D eigenvalue weighted by molar-refractivity contribution is 0.415. The van der Waals surface area contributed by atoms with Crippen LogP contribution in [0.15, 0.2) is 30.5 Å². The second-order valence-corrected chi connectivity index (χ2v) is 6.18. The Labute approximate surface area is 140 Å². The number of nitrogens with two attached hydrogens (primary N) is 1. The smallest absolute Gasteiger partial charge is 0.145 e. The molecule has 6 heteroatoms. The Morgan fingerprint density at radius 3 is 3.00 bits per heavy atom. The molecule has 3 aromatic heterocycles. The summed E-state index contributed by atoms with van der Waals surface area (Å²) in [6.07, 6.45) is 4.18. The van der Waals surface area contributed by atoms with Crippen LogP contribution in [0.4, 0.5) is 5.82 Å². The first-order valence-electron chi connectivity index (χ1n) is 8.25. The van der Waals surface area contributed by atoms with Gasteiger partial charge in [-0.05, 0) is 43.7 Å². The highest BCUT2D eigenvalue weighted by Gasteiger charge is 2.20. The van der Waals surface area contributed by atoms with E-state index in [1.165, 1.54) is 18.5 Å². The molecule has 1 atom stereocenters. The number of rotatable bonds is 3. The van der Waals surface area contributed by atoms with E-state index >= 15 is 0 Å². The number of hydrogen-bond donors (Lipinski definition) is 3. The molecule has 0 unspecified atom stereocenters. The minimum atomic E-state index is 0.475. The third-order valence-electron chi connectivity index (χ3n) is 4.64. The van der Waals surface area contributed by atoms with Crippen molar-refractivity contribution in [2.45, 2.75) is 18.8 Å². The molecule has 0 saturated carbocycles. The summed E-state index contributed by atoms with van der Waals surface area (Å²) in [5.41, 5.74) is 9.71. The molecular formula is C18H21N5O. The Kier molecular flexibility index (Phi) is 3.82. The van der Waals surface area contributed by atoms with E-state index in [9.17, 15) is 0 Å². The molecule has 1 aliphatic rings. The lowest BCUT2D eigenvalue weighted by Gasteiger charge is -2.21. The number of pyridine rings is 2. The summed E-state index contributed by atoms with van der Waals surface area (Å²) in [4.78, 5) is 12.4. The number of fused-ring (bicyclic) bond motifs is 1. The van der Waals surface area contributed by atoms with Crippen molar-refractivity contribution in [1.82, 2.24) is 20.3 Å². The highest BCUT2D eigenvalue weighted by atomic mass is 16.5. The summed E-state index contributed by atoms with van der Waals surface area (Å²) in [5, 5.41) is 4.51. The molecule has 0 aliphatic carbocycles. The SMILES string of the molecule is COc1ccc(N)nc1-c1ccnc2[nH]c([C@H]3CCCNC3)cc12. The molecule has 1 fully saturated rings. The summed E-state index contributed by atoms with van der Waals surface area (Å²) < 4.78 is 5.47. The van der Waals surface area contributed by atoms with Gasteiger partial charge in [0.15, 0.2) is 0 Å². The van der Waals surface area contributed by atoms with Gasteiger partial charge in [0.2, 0.25) is 0 Å². The van der Waals surface area contributed by atoms with Crippen LogP contribution in [0.25, 0.3) is 22.3 Å². The number of hydrogen-bond acceptors (Lipinski definition) is 5. The Bertz CT molecular complexity index is 867. The molecule has 4 heterocycles. The van der Waals surface area contributed by atoms with Crippen LogP contribution in [0.3, 0.4) is 0 Å². The van der Waals surface area contributed by atoms with Gasteiger partial charge in [-0.3, -0.25) is 0 Å². The maximum Gasteiger partial charge on any atom is 0.145 e. The summed E-state index contributed by atoms with van der Waals surface area (Å²) >= 11 is 0. The van der Waals surface area contributed by atoms with Crippen LogP contribution in [0, 0.1) is 0 Å². The maximum absolute atomic E-state index is 5.89. The molecule has 0 bridgehead atoms. The third-order valence-corrected chi connectivity index (χ3v) is 4.64. The van der Waals surface area contributed by atoms with Crippen molar-refractivity contribution in [3.8, 4) is 17.0 Å². The molecule has 0 amide bonds. The fourth-order valence-electron chi connectivity index (χ4n) is 3.41. The minimum absolute atomic E-state index is 0.475. The van der Waals surface area contributed by atoms with Crippen molar-refractivity contribution in [2.75, 3.05) is 25.9 Å². The van der Waals surface area contributed by atoms with E-state index in [1.807, 2.05) is 12.1 Å². The number of methoxy groups -OCH3 is 1. The van der Waals surface area contributed by atoms with Crippen molar-refractivity contribution in [3.63, 3.8) is 0 Å². The lowest BCUT2D eigenvalue weighted by Crippen LogP contribution is -2.28. The molecule has 1 aliphatic heterocycles. The molecule has 4 N–H and O–H groups in total. The van der Waals surface area contributed by atoms with Gasteiger partial charge in [0.1, 0.15) is 22.9 Å². The van der Waals surface area contributed by atoms with Crippen LogP contribution < -0.4 is 15.8 Å². The van der Waals surface area contributed by atoms with Gasteiger partial charge in [0.05, 0.1) is 7.11 Å². The van der Waals surface area contributed by atoms with E-state index in [4.69, 9.17) is 10.5 Å². The summed E-state index contributed by atoms with van der Waals surface area (Å²) in [7, 11) is 1.64. The number of aromatic nitrogens is 3. The number of ether oxygens (including phenoxy) is 1. The van der Waals surface area contributed by atoms with Crippen molar-refractivity contribution in [3.05, 3.63) is 36.2 Å². The summed E-state index contributed by atoms with van der Waals surface area (Å²) in [5.74, 6) is 1.68. The van der Waals surface area contributed by atoms with Crippen LogP contribution in [0.2, 0.25) is 0 Å². The Balaban J connectivity index is 1.84. The first kappa shape index (κ1) is 15.0. The van der Waals surface area contributed by atoms with Crippen LogP contribution in [0.1, 0.15) is 24.5 Å².